The Balaban J connectivity index is 2.61. The fourth-order valence-corrected chi connectivity index (χ4v) is 2.15. The second-order valence-electron chi connectivity index (χ2n) is 4.71. The average molecular weight is 308 g/mol. The number of aliphatic hydroxyl groups is 1. The summed E-state index contributed by atoms with van der Waals surface area (Å²) in [5.41, 5.74) is -1.29. The Labute approximate surface area is 123 Å². The van der Waals surface area contributed by atoms with Crippen molar-refractivity contribution in [3.63, 3.8) is 0 Å². The summed E-state index contributed by atoms with van der Waals surface area (Å²) in [6.07, 6.45) is 0.831. The molecule has 0 fully saturated rings. The molecular formula is C14H12O8. The number of allylic oxidation sites excluding steroid dienone is 1. The monoisotopic (exact) mass is 308 g/mol. The van der Waals surface area contributed by atoms with Gasteiger partial charge >= 0.3 is 5.97 Å². The summed E-state index contributed by atoms with van der Waals surface area (Å²) in [5, 5.41) is 38.0. The van der Waals surface area contributed by atoms with Gasteiger partial charge in [0.1, 0.15) is 29.6 Å². The lowest BCUT2D eigenvalue weighted by Crippen LogP contribution is -2.31. The van der Waals surface area contributed by atoms with Gasteiger partial charge in [0, 0.05) is 12.1 Å². The zero-order valence-corrected chi connectivity index (χ0v) is 11.4. The van der Waals surface area contributed by atoms with Crippen LogP contribution in [0.25, 0.3) is 0 Å². The number of carboxylic acids is 1. The molecule has 22 heavy (non-hydrogen) atoms. The number of carbonyl (C=O) groups excluding carboxylic acids is 2. The predicted molar refractivity (Wildman–Crippen MR) is 71.4 cm³/mol. The number of carbonyl (C=O) groups is 3. The minimum atomic E-state index is -1.64. The summed E-state index contributed by atoms with van der Waals surface area (Å²) >= 11 is 0. The number of aromatic hydroxyl groups is 2. The van der Waals surface area contributed by atoms with Gasteiger partial charge < -0.3 is 25.2 Å². The van der Waals surface area contributed by atoms with E-state index in [-0.39, 0.29) is 12.4 Å². The van der Waals surface area contributed by atoms with Crippen LogP contribution in [-0.2, 0) is 4.79 Å². The molecule has 0 radical (unpaired) electrons. The molecule has 1 aromatic carbocycles. The summed E-state index contributed by atoms with van der Waals surface area (Å²) in [7, 11) is 0. The van der Waals surface area contributed by atoms with E-state index in [1.54, 1.807) is 0 Å². The first-order valence-corrected chi connectivity index (χ1v) is 6.14. The molecular weight excluding hydrogens is 296 g/mol. The second kappa shape index (κ2) is 5.40. The Bertz CT molecular complexity index is 716. The van der Waals surface area contributed by atoms with Crippen LogP contribution < -0.4 is 4.74 Å². The van der Waals surface area contributed by atoms with Gasteiger partial charge in [0.15, 0.2) is 23.1 Å². The molecule has 0 spiro atoms. The number of ether oxygens (including phenoxy) is 1. The van der Waals surface area contributed by atoms with Crippen molar-refractivity contribution < 1.29 is 39.5 Å². The van der Waals surface area contributed by atoms with Crippen molar-refractivity contribution in [1.82, 2.24) is 0 Å². The Morgan fingerprint density at radius 3 is 2.50 bits per heavy atom. The molecule has 0 saturated carbocycles. The van der Waals surface area contributed by atoms with Crippen LogP contribution in [0.4, 0.5) is 0 Å². The predicted octanol–water partition coefficient (Wildman–Crippen LogP) is 1.02. The third-order valence-corrected chi connectivity index (χ3v) is 3.13. The Morgan fingerprint density at radius 2 is 1.95 bits per heavy atom. The fourth-order valence-electron chi connectivity index (χ4n) is 2.15. The minimum absolute atomic E-state index is 0.218. The van der Waals surface area contributed by atoms with E-state index in [1.807, 2.05) is 0 Å². The highest BCUT2D eigenvalue weighted by Crippen LogP contribution is 2.42. The lowest BCUT2D eigenvalue weighted by atomic mass is 9.89. The maximum Gasteiger partial charge on any atom is 0.340 e. The van der Waals surface area contributed by atoms with Gasteiger partial charge in [-0.2, -0.15) is 0 Å². The van der Waals surface area contributed by atoms with Crippen LogP contribution in [0.5, 0.6) is 17.2 Å². The molecule has 0 unspecified atom stereocenters. The highest BCUT2D eigenvalue weighted by Gasteiger charge is 2.38. The Hall–Kier alpha value is -3.03. The molecule has 0 amide bonds. The van der Waals surface area contributed by atoms with Crippen LogP contribution in [0.3, 0.4) is 0 Å². The van der Waals surface area contributed by atoms with E-state index in [9.17, 15) is 29.7 Å². The van der Waals surface area contributed by atoms with Gasteiger partial charge in [-0.3, -0.25) is 9.59 Å². The Kier molecular flexibility index (Phi) is 3.77. The van der Waals surface area contributed by atoms with Crippen molar-refractivity contribution >= 4 is 17.5 Å². The summed E-state index contributed by atoms with van der Waals surface area (Å²) in [6.45, 7) is 0.843. The van der Waals surface area contributed by atoms with Crippen LogP contribution in [0, 0.1) is 5.92 Å². The highest BCUT2D eigenvalue weighted by molar-refractivity contribution is 6.12. The summed E-state index contributed by atoms with van der Waals surface area (Å²) in [4.78, 5) is 34.6. The minimum Gasteiger partial charge on any atom is -0.511 e. The molecule has 4 N–H and O–H groups in total. The molecule has 2 rings (SSSR count). The van der Waals surface area contributed by atoms with E-state index >= 15 is 0 Å². The number of aromatic carboxylic acids is 1. The van der Waals surface area contributed by atoms with Crippen molar-refractivity contribution in [3.05, 3.63) is 29.0 Å². The lowest BCUT2D eigenvalue weighted by molar-refractivity contribution is -0.112. The number of rotatable bonds is 3. The lowest BCUT2D eigenvalue weighted by Gasteiger charge is -2.25. The molecule has 0 aromatic heterocycles. The molecule has 1 aliphatic rings. The van der Waals surface area contributed by atoms with Gasteiger partial charge in [0.25, 0.3) is 0 Å². The highest BCUT2D eigenvalue weighted by atomic mass is 16.5. The van der Waals surface area contributed by atoms with E-state index in [2.05, 4.69) is 0 Å². The molecule has 1 atom stereocenters. The van der Waals surface area contributed by atoms with Crippen LogP contribution >= 0.6 is 0 Å². The van der Waals surface area contributed by atoms with Crippen molar-refractivity contribution in [3.8, 4) is 17.2 Å². The molecule has 1 heterocycles. The first kappa shape index (κ1) is 15.4. The fraction of sp³-hybridized carbons (Fsp3) is 0.214. The van der Waals surface area contributed by atoms with Crippen molar-refractivity contribution in [2.75, 3.05) is 6.61 Å². The number of fused-ring (bicyclic) bond motifs is 1. The first-order chi connectivity index (χ1) is 10.2. The number of benzene rings is 1. The maximum atomic E-state index is 12.4. The van der Waals surface area contributed by atoms with E-state index < -0.39 is 51.8 Å². The molecule has 8 heteroatoms. The van der Waals surface area contributed by atoms with Gasteiger partial charge in [-0.05, 0) is 6.92 Å². The van der Waals surface area contributed by atoms with E-state index in [4.69, 9.17) is 9.84 Å². The van der Waals surface area contributed by atoms with E-state index in [0.717, 1.165) is 12.1 Å². The van der Waals surface area contributed by atoms with Crippen molar-refractivity contribution in [2.24, 2.45) is 5.92 Å². The number of Topliss-reactive ketones (excluding diaryl/α,β-unsaturated/α-hetero) is 1. The van der Waals surface area contributed by atoms with Gasteiger partial charge in [-0.1, -0.05) is 0 Å². The second-order valence-corrected chi connectivity index (χ2v) is 4.71. The van der Waals surface area contributed by atoms with Gasteiger partial charge in [0.2, 0.25) is 0 Å². The normalized spacial score (nSPS) is 17.6. The number of ketones is 2. The molecule has 0 saturated heterocycles. The summed E-state index contributed by atoms with van der Waals surface area (Å²) < 4.78 is 5.17. The van der Waals surface area contributed by atoms with Crippen LogP contribution in [0.1, 0.15) is 27.6 Å². The standard InChI is InChI=1S/C14H12O8/c1-5(15)2-7(16)6-4-22-9-3-8(17)13(19)11(14(20)21)10(9)12(6)18/h2-3,6,16-17,19H,4H2,1H3,(H,20,21)/t6-/m0/s1. The SMILES string of the molecule is CC(=O)C=C(O)[C@@H]1COc2cc(O)c(O)c(C(=O)O)c2C1=O. The number of carboxylic acid groups (broad SMARTS) is 1. The van der Waals surface area contributed by atoms with Crippen LogP contribution in [0.2, 0.25) is 0 Å². The van der Waals surface area contributed by atoms with E-state index in [0.29, 0.717) is 0 Å². The van der Waals surface area contributed by atoms with Crippen molar-refractivity contribution in [2.45, 2.75) is 6.92 Å². The van der Waals surface area contributed by atoms with Crippen molar-refractivity contribution in [1.29, 1.82) is 0 Å². The Morgan fingerprint density at radius 1 is 1.32 bits per heavy atom. The van der Waals surface area contributed by atoms with E-state index in [1.165, 1.54) is 6.92 Å². The maximum absolute atomic E-state index is 12.4. The topological polar surface area (TPSA) is 141 Å². The zero-order valence-electron chi connectivity index (χ0n) is 11.4. The zero-order chi connectivity index (χ0) is 16.6. The third kappa shape index (κ3) is 2.46. The summed E-state index contributed by atoms with van der Waals surface area (Å²) in [5.74, 6) is -6.73. The molecule has 1 aromatic rings. The quantitative estimate of drug-likeness (QED) is 0.368. The van der Waals surface area contributed by atoms with Crippen LogP contribution in [-0.4, -0.2) is 44.6 Å². The van der Waals surface area contributed by atoms with Crippen LogP contribution in [0.15, 0.2) is 17.9 Å². The molecule has 0 bridgehead atoms. The number of aliphatic hydroxyl groups excluding tert-OH is 1. The average Bonchev–Trinajstić information content (AvgIpc) is 2.39. The summed E-state index contributed by atoms with van der Waals surface area (Å²) in [6, 6.07) is 0.914. The largest absolute Gasteiger partial charge is 0.511 e. The number of phenolic OH excluding ortho intramolecular Hbond substituents is 1. The molecule has 116 valence electrons. The van der Waals surface area contributed by atoms with Gasteiger partial charge in [-0.25, -0.2) is 4.79 Å². The van der Waals surface area contributed by atoms with Gasteiger partial charge in [0.05, 0.1) is 5.56 Å². The number of hydrogen-bond acceptors (Lipinski definition) is 7. The third-order valence-electron chi connectivity index (χ3n) is 3.13. The molecule has 1 aliphatic heterocycles. The number of hydrogen-bond donors (Lipinski definition) is 4. The molecule has 8 nitrogen and oxygen atoms in total. The van der Waals surface area contributed by atoms with Gasteiger partial charge in [-0.15, -0.1) is 0 Å². The number of phenols is 2. The molecule has 0 aliphatic carbocycles. The smallest absolute Gasteiger partial charge is 0.340 e. The first-order valence-electron chi connectivity index (χ1n) is 6.14.